The molecule has 0 bridgehead atoms. The van der Waals surface area contributed by atoms with Crippen molar-refractivity contribution in [3.63, 3.8) is 0 Å². The predicted octanol–water partition coefficient (Wildman–Crippen LogP) is 4.49. The number of hydrogen-bond donors (Lipinski definition) is 2. The molecule has 1 amide bonds. The highest BCUT2D eigenvalue weighted by molar-refractivity contribution is 5.94. The lowest BCUT2D eigenvalue weighted by molar-refractivity contribution is -0.255. The van der Waals surface area contributed by atoms with Crippen molar-refractivity contribution in [2.45, 2.75) is 56.7 Å². The zero-order valence-electron chi connectivity index (χ0n) is 23.2. The number of carbonyl (C=O) groups is 1. The molecule has 0 aromatic heterocycles. The highest BCUT2D eigenvalue weighted by atomic mass is 16.7. The predicted molar refractivity (Wildman–Crippen MR) is 153 cm³/mol. The minimum Gasteiger partial charge on any atom is -0.392 e. The van der Waals surface area contributed by atoms with E-state index in [1.54, 1.807) is 12.1 Å². The number of aliphatic hydroxyl groups excluding tert-OH is 1. The Morgan fingerprint density at radius 1 is 0.854 bits per heavy atom. The van der Waals surface area contributed by atoms with Crippen LogP contribution in [0.3, 0.4) is 0 Å². The molecule has 3 aromatic rings. The average molecular weight is 559 g/mol. The molecule has 1 spiro atoms. The quantitative estimate of drug-likeness (QED) is 0.421. The van der Waals surface area contributed by atoms with Crippen LogP contribution >= 0.6 is 0 Å². The van der Waals surface area contributed by atoms with E-state index >= 15 is 0 Å². The normalized spacial score (nSPS) is 24.4. The minimum absolute atomic E-state index is 0.0134. The van der Waals surface area contributed by atoms with Crippen LogP contribution in [0.1, 0.15) is 64.3 Å². The molecule has 3 aliphatic heterocycles. The zero-order chi connectivity index (χ0) is 28.1. The van der Waals surface area contributed by atoms with Gasteiger partial charge < -0.3 is 34.3 Å². The summed E-state index contributed by atoms with van der Waals surface area (Å²) in [7, 11) is 0. The van der Waals surface area contributed by atoms with Crippen LogP contribution in [0.5, 0.6) is 0 Å². The lowest BCUT2D eigenvalue weighted by Crippen LogP contribution is -2.48. The fourth-order valence-corrected chi connectivity index (χ4v) is 5.85. The summed E-state index contributed by atoms with van der Waals surface area (Å²) in [4.78, 5) is 14.9. The van der Waals surface area contributed by atoms with Gasteiger partial charge in [-0.05, 0) is 28.8 Å². The molecule has 8 heteroatoms. The highest BCUT2D eigenvalue weighted by Crippen LogP contribution is 2.39. The number of nitrogens with zero attached hydrogens (tertiary/aromatic N) is 1. The number of amides is 1. The van der Waals surface area contributed by atoms with Gasteiger partial charge in [-0.15, -0.1) is 0 Å². The van der Waals surface area contributed by atoms with Crippen molar-refractivity contribution in [3.8, 4) is 0 Å². The number of hydrogen-bond acceptors (Lipinski definition) is 7. The van der Waals surface area contributed by atoms with Crippen LogP contribution < -0.4 is 5.32 Å². The molecule has 3 aromatic carbocycles. The number of aliphatic hydroxyl groups is 1. The molecule has 3 heterocycles. The molecule has 0 aliphatic carbocycles. The van der Waals surface area contributed by atoms with Gasteiger partial charge in [-0.25, -0.2) is 0 Å². The Bertz CT molecular complexity index is 1270. The maximum absolute atomic E-state index is 12.4. The topological polar surface area (TPSA) is 89.5 Å². The number of carbonyl (C=O) groups excluding carboxylic acids is 1. The summed E-state index contributed by atoms with van der Waals surface area (Å²) in [5, 5.41) is 12.5. The van der Waals surface area contributed by atoms with E-state index in [0.29, 0.717) is 25.3 Å². The fourth-order valence-electron chi connectivity index (χ4n) is 5.85. The van der Waals surface area contributed by atoms with Gasteiger partial charge in [0.2, 0.25) is 0 Å². The van der Waals surface area contributed by atoms with Gasteiger partial charge in [-0.3, -0.25) is 4.79 Å². The second-order valence-corrected chi connectivity index (χ2v) is 11.0. The van der Waals surface area contributed by atoms with Gasteiger partial charge in [0.1, 0.15) is 0 Å². The molecule has 3 aliphatic rings. The van der Waals surface area contributed by atoms with Crippen LogP contribution in [0.25, 0.3) is 0 Å². The number of ether oxygens (including phenoxy) is 4. The summed E-state index contributed by atoms with van der Waals surface area (Å²) < 4.78 is 24.9. The van der Waals surface area contributed by atoms with Gasteiger partial charge in [0.25, 0.3) is 5.91 Å². The number of nitrogens with one attached hydrogen (secondary N) is 1. The van der Waals surface area contributed by atoms with Crippen LogP contribution in [-0.2, 0) is 32.1 Å². The summed E-state index contributed by atoms with van der Waals surface area (Å²) in [5.41, 5.74) is 4.54. The molecule has 216 valence electrons. The second kappa shape index (κ2) is 12.8. The molecular weight excluding hydrogens is 520 g/mol. The van der Waals surface area contributed by atoms with E-state index in [4.69, 9.17) is 18.9 Å². The molecule has 3 fully saturated rings. The first-order chi connectivity index (χ1) is 20.1. The van der Waals surface area contributed by atoms with Crippen LogP contribution in [-0.4, -0.2) is 60.7 Å². The van der Waals surface area contributed by atoms with Gasteiger partial charge in [0, 0.05) is 56.6 Å². The summed E-state index contributed by atoms with van der Waals surface area (Å²) in [6, 6.07) is 25.2. The number of rotatable bonds is 8. The standard InChI is InChI=1S/C33H38N2O6/c36-23-25-8-10-26(11-9-25)30-20-29(22-35-16-14-33(15-17-35)38-18-19-39-33)40-32(41-30)28-12-6-24(7-13-28)21-34-31(37)27-4-2-1-3-5-27/h1-13,29-30,32,36H,14-23H2,(H,34,37)/t29-,30+,32+/m1/s1. The van der Waals surface area contributed by atoms with E-state index in [1.165, 1.54) is 0 Å². The van der Waals surface area contributed by atoms with Crippen LogP contribution in [0.4, 0.5) is 0 Å². The summed E-state index contributed by atoms with van der Waals surface area (Å²) in [6.07, 6.45) is 1.83. The van der Waals surface area contributed by atoms with E-state index in [1.807, 2.05) is 66.7 Å². The minimum atomic E-state index is -0.512. The highest BCUT2D eigenvalue weighted by Gasteiger charge is 2.41. The molecule has 8 nitrogen and oxygen atoms in total. The first kappa shape index (κ1) is 28.0. The molecular formula is C33H38N2O6. The Morgan fingerprint density at radius 2 is 1.51 bits per heavy atom. The average Bonchev–Trinajstić information content (AvgIpc) is 3.49. The molecule has 0 unspecified atom stereocenters. The monoisotopic (exact) mass is 558 g/mol. The van der Waals surface area contributed by atoms with Crippen molar-refractivity contribution in [2.75, 3.05) is 32.8 Å². The lowest BCUT2D eigenvalue weighted by atomic mass is 9.98. The van der Waals surface area contributed by atoms with Crippen LogP contribution in [0.2, 0.25) is 0 Å². The van der Waals surface area contributed by atoms with Crippen molar-refractivity contribution in [1.29, 1.82) is 0 Å². The first-order valence-electron chi connectivity index (χ1n) is 14.5. The SMILES string of the molecule is O=C(NCc1ccc([C@H]2O[C@@H](CN3CCC4(CC3)OCCO4)C[C@@H](c3ccc(CO)cc3)O2)cc1)c1ccccc1. The van der Waals surface area contributed by atoms with E-state index in [0.717, 1.165) is 61.2 Å². The van der Waals surface area contributed by atoms with Crippen molar-refractivity contribution in [3.05, 3.63) is 107 Å². The smallest absolute Gasteiger partial charge is 0.251 e. The van der Waals surface area contributed by atoms with Gasteiger partial charge in [-0.2, -0.15) is 0 Å². The molecule has 6 rings (SSSR count). The molecule has 41 heavy (non-hydrogen) atoms. The summed E-state index contributed by atoms with van der Waals surface area (Å²) in [6.45, 7) is 4.44. The third kappa shape index (κ3) is 6.86. The Balaban J connectivity index is 1.12. The van der Waals surface area contributed by atoms with E-state index < -0.39 is 12.1 Å². The third-order valence-electron chi connectivity index (χ3n) is 8.25. The number of likely N-dealkylation sites (tertiary alicyclic amines) is 1. The maximum Gasteiger partial charge on any atom is 0.251 e. The fraction of sp³-hybridized carbons (Fsp3) is 0.424. The van der Waals surface area contributed by atoms with Crippen molar-refractivity contribution < 1.29 is 28.8 Å². The van der Waals surface area contributed by atoms with Crippen molar-refractivity contribution in [2.24, 2.45) is 0 Å². The first-order valence-corrected chi connectivity index (χ1v) is 14.5. The largest absolute Gasteiger partial charge is 0.392 e. The van der Waals surface area contributed by atoms with E-state index in [-0.39, 0.29) is 24.7 Å². The molecule has 3 atom stereocenters. The zero-order valence-corrected chi connectivity index (χ0v) is 23.2. The van der Waals surface area contributed by atoms with Gasteiger partial charge in [0.15, 0.2) is 12.1 Å². The van der Waals surface area contributed by atoms with Crippen molar-refractivity contribution in [1.82, 2.24) is 10.2 Å². The van der Waals surface area contributed by atoms with Gasteiger partial charge in [-0.1, -0.05) is 66.7 Å². The molecule has 0 radical (unpaired) electrons. The number of piperidine rings is 1. The summed E-state index contributed by atoms with van der Waals surface area (Å²) >= 11 is 0. The molecule has 0 saturated carbocycles. The Morgan fingerprint density at radius 3 is 2.20 bits per heavy atom. The second-order valence-electron chi connectivity index (χ2n) is 11.0. The van der Waals surface area contributed by atoms with Gasteiger partial charge in [0.05, 0.1) is 32.0 Å². The molecule has 2 N–H and O–H groups in total. The van der Waals surface area contributed by atoms with Gasteiger partial charge >= 0.3 is 0 Å². The maximum atomic E-state index is 12.4. The third-order valence-corrected chi connectivity index (χ3v) is 8.25. The Labute approximate surface area is 241 Å². The lowest BCUT2D eigenvalue weighted by Gasteiger charge is -2.41. The van der Waals surface area contributed by atoms with Crippen LogP contribution in [0, 0.1) is 0 Å². The van der Waals surface area contributed by atoms with Crippen molar-refractivity contribution >= 4 is 5.91 Å². The summed E-state index contributed by atoms with van der Waals surface area (Å²) in [5.74, 6) is -0.490. The molecule has 3 saturated heterocycles. The van der Waals surface area contributed by atoms with E-state index in [2.05, 4.69) is 10.2 Å². The van der Waals surface area contributed by atoms with Crippen LogP contribution in [0.15, 0.2) is 78.9 Å². The van der Waals surface area contributed by atoms with E-state index in [9.17, 15) is 9.90 Å². The Kier molecular flexibility index (Phi) is 8.76. The number of benzene rings is 3. The Hall–Kier alpha value is -3.11.